The van der Waals surface area contributed by atoms with Gasteiger partial charge >= 0.3 is 0 Å². The lowest BCUT2D eigenvalue weighted by Gasteiger charge is -2.09. The molecule has 0 spiro atoms. The summed E-state index contributed by atoms with van der Waals surface area (Å²) in [7, 11) is 0. The number of H-pyrrole nitrogens is 1. The molecule has 2 N–H and O–H groups in total. The van der Waals surface area contributed by atoms with Gasteiger partial charge in [0, 0.05) is 12.1 Å². The molecule has 0 radical (unpaired) electrons. The Hall–Kier alpha value is -2.24. The van der Waals surface area contributed by atoms with Gasteiger partial charge in [0.05, 0.1) is 11.4 Å². The van der Waals surface area contributed by atoms with Gasteiger partial charge in [0.2, 0.25) is 5.95 Å². The first-order chi connectivity index (χ1) is 8.95. The van der Waals surface area contributed by atoms with Crippen LogP contribution in [0.15, 0.2) is 29.1 Å². The van der Waals surface area contributed by atoms with Crippen LogP contribution in [0.25, 0.3) is 0 Å². The predicted octanol–water partition coefficient (Wildman–Crippen LogP) is 2.92. The highest BCUT2D eigenvalue weighted by Gasteiger charge is 2.08. The number of rotatable bonds is 3. The highest BCUT2D eigenvalue weighted by molar-refractivity contribution is 5.54. The zero-order valence-corrected chi connectivity index (χ0v) is 10.5. The molecule has 0 aliphatic rings. The van der Waals surface area contributed by atoms with Gasteiger partial charge in [0.15, 0.2) is 0 Å². The largest absolute Gasteiger partial charge is 0.323 e. The Bertz CT molecular complexity index is 653. The maximum Gasteiger partial charge on any atom is 0.252 e. The van der Waals surface area contributed by atoms with E-state index < -0.39 is 11.6 Å². The van der Waals surface area contributed by atoms with Crippen molar-refractivity contribution < 1.29 is 8.78 Å². The van der Waals surface area contributed by atoms with Gasteiger partial charge in [-0.05, 0) is 18.1 Å². The third kappa shape index (κ3) is 3.15. The van der Waals surface area contributed by atoms with Gasteiger partial charge in [-0.3, -0.25) is 9.78 Å². The predicted molar refractivity (Wildman–Crippen MR) is 68.6 cm³/mol. The SMILES string of the molecule is CC(C)c1cc(=O)[nH]c(Nc2cc(F)ccc2F)n1. The summed E-state index contributed by atoms with van der Waals surface area (Å²) in [6.07, 6.45) is 0. The molecule has 19 heavy (non-hydrogen) atoms. The van der Waals surface area contributed by atoms with E-state index in [9.17, 15) is 13.6 Å². The summed E-state index contributed by atoms with van der Waals surface area (Å²) < 4.78 is 26.5. The molecule has 0 saturated carbocycles. The number of nitrogens with zero attached hydrogens (tertiary/aromatic N) is 1. The minimum Gasteiger partial charge on any atom is -0.323 e. The Morgan fingerprint density at radius 2 is 2.00 bits per heavy atom. The van der Waals surface area contributed by atoms with Crippen molar-refractivity contribution in [3.8, 4) is 0 Å². The Morgan fingerprint density at radius 1 is 1.26 bits per heavy atom. The van der Waals surface area contributed by atoms with Crippen molar-refractivity contribution in [3.63, 3.8) is 0 Å². The van der Waals surface area contributed by atoms with Crippen LogP contribution >= 0.6 is 0 Å². The van der Waals surface area contributed by atoms with Gasteiger partial charge < -0.3 is 5.32 Å². The van der Waals surface area contributed by atoms with Gasteiger partial charge in [0.1, 0.15) is 11.6 Å². The summed E-state index contributed by atoms with van der Waals surface area (Å²) in [5, 5.41) is 2.57. The Balaban J connectivity index is 2.38. The van der Waals surface area contributed by atoms with Crippen molar-refractivity contribution >= 4 is 11.6 Å². The minimum atomic E-state index is -0.626. The normalized spacial score (nSPS) is 10.8. The lowest BCUT2D eigenvalue weighted by Crippen LogP contribution is -2.13. The maximum absolute atomic E-state index is 13.5. The van der Waals surface area contributed by atoms with E-state index in [-0.39, 0.29) is 23.1 Å². The topological polar surface area (TPSA) is 57.8 Å². The monoisotopic (exact) mass is 265 g/mol. The lowest BCUT2D eigenvalue weighted by atomic mass is 10.1. The average molecular weight is 265 g/mol. The molecule has 0 unspecified atom stereocenters. The van der Waals surface area contributed by atoms with E-state index in [1.807, 2.05) is 13.8 Å². The van der Waals surface area contributed by atoms with Crippen LogP contribution in [0, 0.1) is 11.6 Å². The van der Waals surface area contributed by atoms with Crippen molar-refractivity contribution in [1.82, 2.24) is 9.97 Å². The molecule has 1 heterocycles. The fraction of sp³-hybridized carbons (Fsp3) is 0.231. The van der Waals surface area contributed by atoms with E-state index in [1.165, 1.54) is 6.07 Å². The van der Waals surface area contributed by atoms with E-state index in [0.717, 1.165) is 18.2 Å². The fourth-order valence-electron chi connectivity index (χ4n) is 1.55. The number of hydrogen-bond acceptors (Lipinski definition) is 3. The molecule has 0 amide bonds. The van der Waals surface area contributed by atoms with Crippen molar-refractivity contribution in [3.05, 3.63) is 51.9 Å². The van der Waals surface area contributed by atoms with Crippen molar-refractivity contribution in [2.75, 3.05) is 5.32 Å². The van der Waals surface area contributed by atoms with E-state index in [1.54, 1.807) is 0 Å². The Kier molecular flexibility index (Phi) is 3.59. The molecule has 0 fully saturated rings. The molecule has 100 valence electrons. The number of hydrogen-bond donors (Lipinski definition) is 2. The molecule has 1 aromatic heterocycles. The Morgan fingerprint density at radius 3 is 2.68 bits per heavy atom. The summed E-state index contributed by atoms with van der Waals surface area (Å²) in [6, 6.07) is 4.39. The number of benzene rings is 1. The van der Waals surface area contributed by atoms with Crippen LogP contribution in [0.3, 0.4) is 0 Å². The smallest absolute Gasteiger partial charge is 0.252 e. The second-order valence-electron chi connectivity index (χ2n) is 4.42. The second-order valence-corrected chi connectivity index (χ2v) is 4.42. The van der Waals surface area contributed by atoms with Gasteiger partial charge in [-0.1, -0.05) is 13.8 Å². The molecule has 0 atom stereocenters. The van der Waals surface area contributed by atoms with Crippen LogP contribution in [0.4, 0.5) is 20.4 Å². The van der Waals surface area contributed by atoms with Crippen LogP contribution in [-0.2, 0) is 0 Å². The minimum absolute atomic E-state index is 0.0557. The van der Waals surface area contributed by atoms with Crippen molar-refractivity contribution in [1.29, 1.82) is 0 Å². The molecule has 0 aliphatic carbocycles. The summed E-state index contributed by atoms with van der Waals surface area (Å²) in [4.78, 5) is 18.0. The molecular weight excluding hydrogens is 252 g/mol. The van der Waals surface area contributed by atoms with Crippen molar-refractivity contribution in [2.24, 2.45) is 0 Å². The van der Waals surface area contributed by atoms with Crippen LogP contribution in [0.2, 0.25) is 0 Å². The zero-order valence-electron chi connectivity index (χ0n) is 10.5. The summed E-state index contributed by atoms with van der Waals surface area (Å²) in [5.41, 5.74) is 0.144. The first-order valence-corrected chi connectivity index (χ1v) is 5.79. The highest BCUT2D eigenvalue weighted by Crippen LogP contribution is 2.19. The zero-order chi connectivity index (χ0) is 14.0. The average Bonchev–Trinajstić information content (AvgIpc) is 2.33. The van der Waals surface area contributed by atoms with E-state index >= 15 is 0 Å². The third-order valence-electron chi connectivity index (χ3n) is 2.53. The lowest BCUT2D eigenvalue weighted by molar-refractivity contribution is 0.603. The molecule has 0 aliphatic heterocycles. The molecule has 2 rings (SSSR count). The van der Waals surface area contributed by atoms with Crippen LogP contribution in [0.5, 0.6) is 0 Å². The van der Waals surface area contributed by atoms with Crippen LogP contribution in [-0.4, -0.2) is 9.97 Å². The van der Waals surface area contributed by atoms with Gasteiger partial charge in [-0.15, -0.1) is 0 Å². The summed E-state index contributed by atoms with van der Waals surface area (Å²) in [5.74, 6) is -1.06. The molecular formula is C13H13F2N3O. The van der Waals surface area contributed by atoms with E-state index in [0.29, 0.717) is 5.69 Å². The highest BCUT2D eigenvalue weighted by atomic mass is 19.1. The number of aromatic nitrogens is 2. The number of anilines is 2. The molecule has 4 nitrogen and oxygen atoms in total. The Labute approximate surface area is 108 Å². The quantitative estimate of drug-likeness (QED) is 0.897. The number of aromatic amines is 1. The van der Waals surface area contributed by atoms with Crippen LogP contribution in [0.1, 0.15) is 25.5 Å². The first-order valence-electron chi connectivity index (χ1n) is 5.79. The number of halogens is 2. The van der Waals surface area contributed by atoms with Gasteiger partial charge in [-0.2, -0.15) is 0 Å². The van der Waals surface area contributed by atoms with E-state index in [4.69, 9.17) is 0 Å². The van der Waals surface area contributed by atoms with Crippen LogP contribution < -0.4 is 10.9 Å². The van der Waals surface area contributed by atoms with Crippen molar-refractivity contribution in [2.45, 2.75) is 19.8 Å². The number of nitrogens with one attached hydrogen (secondary N) is 2. The molecule has 6 heteroatoms. The van der Waals surface area contributed by atoms with E-state index in [2.05, 4.69) is 15.3 Å². The molecule has 0 saturated heterocycles. The summed E-state index contributed by atoms with van der Waals surface area (Å²) >= 11 is 0. The maximum atomic E-state index is 13.5. The second kappa shape index (κ2) is 5.17. The summed E-state index contributed by atoms with van der Waals surface area (Å²) in [6.45, 7) is 3.77. The molecule has 0 bridgehead atoms. The molecule has 1 aromatic carbocycles. The molecule has 2 aromatic rings. The first kappa shape index (κ1) is 13.2. The standard InChI is InChI=1S/C13H13F2N3O/c1-7(2)10-6-12(19)18-13(16-10)17-11-5-8(14)3-4-9(11)15/h3-7H,1-2H3,(H2,16,17,18,19). The van der Waals surface area contributed by atoms with Gasteiger partial charge in [0.25, 0.3) is 5.56 Å². The van der Waals surface area contributed by atoms with Gasteiger partial charge in [-0.25, -0.2) is 13.8 Å². The fourth-order valence-corrected chi connectivity index (χ4v) is 1.55. The third-order valence-corrected chi connectivity index (χ3v) is 2.53.